The normalized spacial score (nSPS) is 14.2. The van der Waals surface area contributed by atoms with Gasteiger partial charge in [0.25, 0.3) is 6.43 Å². The Hall–Kier alpha value is -1.53. The van der Waals surface area contributed by atoms with E-state index >= 15 is 0 Å². The van der Waals surface area contributed by atoms with Gasteiger partial charge in [-0.05, 0) is 19.4 Å². The highest BCUT2D eigenvalue weighted by Gasteiger charge is 2.42. The summed E-state index contributed by atoms with van der Waals surface area (Å²) in [7, 11) is 1.26. The minimum absolute atomic E-state index is 0.0699. The number of hydrogen-bond acceptors (Lipinski definition) is 4. The summed E-state index contributed by atoms with van der Waals surface area (Å²) in [6, 6.07) is 8.74. The van der Waals surface area contributed by atoms with E-state index in [1.807, 2.05) is 13.8 Å². The fraction of sp³-hybridized carbons (Fsp3) is 0.533. The van der Waals surface area contributed by atoms with Crippen LogP contribution in [-0.2, 0) is 19.8 Å². The number of alkyl halides is 2. The van der Waals surface area contributed by atoms with E-state index in [-0.39, 0.29) is 12.6 Å². The van der Waals surface area contributed by atoms with Crippen LogP contribution in [0.5, 0.6) is 0 Å². The molecule has 0 bridgehead atoms. The molecular weight excluding hydrogens is 280 g/mol. The van der Waals surface area contributed by atoms with Gasteiger partial charge in [-0.3, -0.25) is 5.32 Å². The molecule has 0 amide bonds. The third kappa shape index (κ3) is 4.75. The van der Waals surface area contributed by atoms with Crippen LogP contribution in [0.15, 0.2) is 30.3 Å². The maximum absolute atomic E-state index is 12.3. The summed E-state index contributed by atoms with van der Waals surface area (Å²) in [6.07, 6.45) is -2.59. The molecule has 0 radical (unpaired) electrons. The number of hydrogen-bond donors (Lipinski definition) is 1. The molecule has 0 fully saturated rings. The summed E-state index contributed by atoms with van der Waals surface area (Å²) in [5, 5.41) is 3.09. The molecule has 1 unspecified atom stereocenters. The summed E-state index contributed by atoms with van der Waals surface area (Å²) >= 11 is 0. The zero-order chi connectivity index (χ0) is 15.9. The average Bonchev–Trinajstić information content (AvgIpc) is 2.45. The lowest BCUT2D eigenvalue weighted by Crippen LogP contribution is -2.55. The van der Waals surface area contributed by atoms with E-state index in [0.29, 0.717) is 5.56 Å². The molecule has 0 heterocycles. The van der Waals surface area contributed by atoms with Crippen LogP contribution in [0.25, 0.3) is 0 Å². The third-order valence-corrected chi connectivity index (χ3v) is 2.90. The summed E-state index contributed by atoms with van der Waals surface area (Å²) < 4.78 is 34.5. The molecule has 0 aliphatic carbocycles. The number of methoxy groups -OCH3 is 1. The van der Waals surface area contributed by atoms with E-state index < -0.39 is 24.5 Å². The first kappa shape index (κ1) is 17.5. The Labute approximate surface area is 123 Å². The van der Waals surface area contributed by atoms with Crippen LogP contribution >= 0.6 is 0 Å². The Balaban J connectivity index is 3.12. The molecule has 1 atom stereocenters. The van der Waals surface area contributed by atoms with Gasteiger partial charge in [0.15, 0.2) is 5.54 Å². The average molecular weight is 301 g/mol. The minimum atomic E-state index is -2.59. The second-order valence-corrected chi connectivity index (χ2v) is 4.97. The molecule has 1 rings (SSSR count). The predicted molar refractivity (Wildman–Crippen MR) is 75.2 cm³/mol. The number of carbonyl (C=O) groups excluding carboxylic acids is 1. The molecule has 0 saturated heterocycles. The summed E-state index contributed by atoms with van der Waals surface area (Å²) in [5.74, 6) is -0.573. The first-order chi connectivity index (χ1) is 9.92. The number of halogens is 2. The van der Waals surface area contributed by atoms with Gasteiger partial charge >= 0.3 is 5.97 Å². The topological polar surface area (TPSA) is 47.6 Å². The van der Waals surface area contributed by atoms with Gasteiger partial charge in [0.05, 0.1) is 13.7 Å². The predicted octanol–water partition coefficient (Wildman–Crippen LogP) is 2.33. The molecule has 6 heteroatoms. The Kier molecular flexibility index (Phi) is 6.71. The Bertz CT molecular complexity index is 440. The number of ether oxygens (including phenoxy) is 2. The second kappa shape index (κ2) is 8.05. The molecule has 118 valence electrons. The number of rotatable bonds is 8. The van der Waals surface area contributed by atoms with Crippen LogP contribution in [0.1, 0.15) is 19.4 Å². The van der Waals surface area contributed by atoms with Crippen molar-refractivity contribution in [1.82, 2.24) is 5.32 Å². The van der Waals surface area contributed by atoms with Crippen LogP contribution in [-0.4, -0.2) is 38.8 Å². The Morgan fingerprint density at radius 1 is 1.29 bits per heavy atom. The van der Waals surface area contributed by atoms with Crippen molar-refractivity contribution in [2.24, 2.45) is 0 Å². The molecule has 1 N–H and O–H groups in total. The SMILES string of the molecule is COC(=O)C(COCC(F)F)(NC(C)C)c1ccccc1. The Morgan fingerprint density at radius 2 is 1.90 bits per heavy atom. The molecule has 0 aliphatic heterocycles. The molecule has 0 aliphatic rings. The van der Waals surface area contributed by atoms with Crippen molar-refractivity contribution in [3.63, 3.8) is 0 Å². The minimum Gasteiger partial charge on any atom is -0.467 e. The molecule has 4 nitrogen and oxygen atoms in total. The zero-order valence-electron chi connectivity index (χ0n) is 12.4. The van der Waals surface area contributed by atoms with E-state index in [1.54, 1.807) is 30.3 Å². The van der Waals surface area contributed by atoms with Crippen molar-refractivity contribution in [2.45, 2.75) is 31.9 Å². The van der Waals surface area contributed by atoms with E-state index in [9.17, 15) is 13.6 Å². The molecule has 0 spiro atoms. The summed E-state index contributed by atoms with van der Waals surface area (Å²) in [5.41, 5.74) is -0.696. The van der Waals surface area contributed by atoms with Crippen LogP contribution in [0, 0.1) is 0 Å². The second-order valence-electron chi connectivity index (χ2n) is 4.97. The summed E-state index contributed by atoms with van der Waals surface area (Å²) in [6.45, 7) is 2.75. The van der Waals surface area contributed by atoms with Gasteiger partial charge in [-0.2, -0.15) is 0 Å². The number of benzene rings is 1. The first-order valence-electron chi connectivity index (χ1n) is 6.70. The van der Waals surface area contributed by atoms with Crippen LogP contribution in [0.3, 0.4) is 0 Å². The molecular formula is C15H21F2NO3. The van der Waals surface area contributed by atoms with Gasteiger partial charge in [0.2, 0.25) is 0 Å². The van der Waals surface area contributed by atoms with Gasteiger partial charge in [0, 0.05) is 6.04 Å². The lowest BCUT2D eigenvalue weighted by Gasteiger charge is -2.34. The monoisotopic (exact) mass is 301 g/mol. The zero-order valence-corrected chi connectivity index (χ0v) is 12.4. The third-order valence-electron chi connectivity index (χ3n) is 2.90. The largest absolute Gasteiger partial charge is 0.467 e. The molecule has 0 aromatic heterocycles. The van der Waals surface area contributed by atoms with Crippen molar-refractivity contribution in [1.29, 1.82) is 0 Å². The fourth-order valence-electron chi connectivity index (χ4n) is 2.13. The van der Waals surface area contributed by atoms with Crippen LogP contribution in [0.2, 0.25) is 0 Å². The highest BCUT2D eigenvalue weighted by molar-refractivity contribution is 5.83. The highest BCUT2D eigenvalue weighted by atomic mass is 19.3. The molecule has 21 heavy (non-hydrogen) atoms. The summed E-state index contributed by atoms with van der Waals surface area (Å²) in [4.78, 5) is 12.3. The first-order valence-corrected chi connectivity index (χ1v) is 6.70. The van der Waals surface area contributed by atoms with Gasteiger partial charge < -0.3 is 9.47 Å². The quantitative estimate of drug-likeness (QED) is 0.749. The highest BCUT2D eigenvalue weighted by Crippen LogP contribution is 2.24. The molecule has 1 aromatic carbocycles. The van der Waals surface area contributed by atoms with Crippen molar-refractivity contribution in [3.8, 4) is 0 Å². The Morgan fingerprint density at radius 3 is 2.38 bits per heavy atom. The van der Waals surface area contributed by atoms with E-state index in [2.05, 4.69) is 5.32 Å². The van der Waals surface area contributed by atoms with E-state index in [4.69, 9.17) is 9.47 Å². The fourth-order valence-corrected chi connectivity index (χ4v) is 2.13. The van der Waals surface area contributed by atoms with Gasteiger partial charge in [-0.25, -0.2) is 13.6 Å². The molecule has 1 aromatic rings. The number of nitrogens with one attached hydrogen (secondary N) is 1. The van der Waals surface area contributed by atoms with Crippen LogP contribution < -0.4 is 5.32 Å². The van der Waals surface area contributed by atoms with Gasteiger partial charge in [0.1, 0.15) is 6.61 Å². The van der Waals surface area contributed by atoms with Crippen LogP contribution in [0.4, 0.5) is 8.78 Å². The van der Waals surface area contributed by atoms with Crippen molar-refractivity contribution < 1.29 is 23.0 Å². The lowest BCUT2D eigenvalue weighted by atomic mass is 9.89. The maximum Gasteiger partial charge on any atom is 0.333 e. The van der Waals surface area contributed by atoms with E-state index in [1.165, 1.54) is 7.11 Å². The van der Waals surface area contributed by atoms with Crippen molar-refractivity contribution >= 4 is 5.97 Å². The standard InChI is InChI=1S/C15H21F2NO3/c1-11(2)18-15(14(19)20-3,10-21-9-13(16)17)12-7-5-4-6-8-12/h4-8,11,13,18H,9-10H2,1-3H3. The maximum atomic E-state index is 12.3. The van der Waals surface area contributed by atoms with Gasteiger partial charge in [-0.15, -0.1) is 0 Å². The van der Waals surface area contributed by atoms with Gasteiger partial charge in [-0.1, -0.05) is 30.3 Å². The lowest BCUT2D eigenvalue weighted by molar-refractivity contribution is -0.153. The number of esters is 1. The van der Waals surface area contributed by atoms with Crippen molar-refractivity contribution in [2.75, 3.05) is 20.3 Å². The van der Waals surface area contributed by atoms with E-state index in [0.717, 1.165) is 0 Å². The smallest absolute Gasteiger partial charge is 0.333 e. The number of carbonyl (C=O) groups is 1. The molecule has 0 saturated carbocycles. The van der Waals surface area contributed by atoms with Crippen molar-refractivity contribution in [3.05, 3.63) is 35.9 Å².